The number of anilines is 1. The third-order valence-corrected chi connectivity index (χ3v) is 5.99. The summed E-state index contributed by atoms with van der Waals surface area (Å²) >= 11 is 11.2. The Morgan fingerprint density at radius 3 is 2.52 bits per heavy atom. The van der Waals surface area contributed by atoms with E-state index < -0.39 is 0 Å². The molecule has 0 radical (unpaired) electrons. The summed E-state index contributed by atoms with van der Waals surface area (Å²) in [5, 5.41) is 7.92. The van der Waals surface area contributed by atoms with Crippen LogP contribution in [-0.2, 0) is 11.5 Å². The first kappa shape index (κ1) is 23.2. The average Bonchev–Trinajstić information content (AvgIpc) is 3.20. The number of pyridine rings is 1. The maximum Gasteiger partial charge on any atom is 0.288 e. The van der Waals surface area contributed by atoms with Crippen molar-refractivity contribution in [1.82, 2.24) is 19.7 Å². The van der Waals surface area contributed by atoms with Crippen molar-refractivity contribution in [2.24, 2.45) is 5.92 Å². The Hall–Kier alpha value is -2.95. The van der Waals surface area contributed by atoms with Crippen molar-refractivity contribution in [3.63, 3.8) is 0 Å². The van der Waals surface area contributed by atoms with E-state index >= 15 is 0 Å². The second-order valence-electron chi connectivity index (χ2n) is 7.66. The Morgan fingerprint density at radius 2 is 1.91 bits per heavy atom. The van der Waals surface area contributed by atoms with Crippen LogP contribution in [0, 0.1) is 10.8 Å². The summed E-state index contributed by atoms with van der Waals surface area (Å²) in [4.78, 5) is 19.2. The number of methoxy groups -OCH3 is 2. The molecule has 0 unspecified atom stereocenters. The molecule has 11 heteroatoms. The minimum absolute atomic E-state index is 0.0308. The molecule has 1 amide bonds. The van der Waals surface area contributed by atoms with Crippen molar-refractivity contribution in [2.75, 3.05) is 32.6 Å². The summed E-state index contributed by atoms with van der Waals surface area (Å²) in [6.45, 7) is 1.96. The minimum Gasteiger partial charge on any atom is -0.497 e. The number of hydrogen-bond donors (Lipinski definition) is 1. The number of likely N-dealkylation sites (tertiary alicyclic amines) is 1. The van der Waals surface area contributed by atoms with Crippen molar-refractivity contribution in [2.45, 2.75) is 19.5 Å². The Bertz CT molecular complexity index is 1150. The number of halogens is 1. The van der Waals surface area contributed by atoms with Crippen molar-refractivity contribution in [3.8, 4) is 23.0 Å². The molecule has 1 saturated heterocycles. The number of carbonyl (C=O) groups excluding carboxylic acids is 1. The third-order valence-electron chi connectivity index (χ3n) is 5.48. The molecule has 3 heterocycles. The van der Waals surface area contributed by atoms with Crippen LogP contribution >= 0.6 is 23.8 Å². The molecule has 0 bridgehead atoms. The second-order valence-corrected chi connectivity index (χ2v) is 8.44. The van der Waals surface area contributed by atoms with Gasteiger partial charge in [-0.05, 0) is 49.3 Å². The maximum absolute atomic E-state index is 12.6. The molecule has 1 aliphatic heterocycles. The highest BCUT2D eigenvalue weighted by Gasteiger charge is 2.26. The molecule has 0 saturated carbocycles. The summed E-state index contributed by atoms with van der Waals surface area (Å²) in [5.74, 6) is 2.05. The van der Waals surface area contributed by atoms with Crippen LogP contribution in [0.25, 0.3) is 11.5 Å². The van der Waals surface area contributed by atoms with E-state index in [1.807, 2.05) is 12.1 Å². The summed E-state index contributed by atoms with van der Waals surface area (Å²) < 4.78 is 18.0. The molecule has 9 nitrogen and oxygen atoms in total. The van der Waals surface area contributed by atoms with E-state index in [0.29, 0.717) is 40.5 Å². The van der Waals surface area contributed by atoms with Gasteiger partial charge in [-0.25, -0.2) is 9.67 Å². The standard InChI is InChI=1S/C22H24ClN5O4S/c1-30-17-9-15(10-18(11-17)31-2)21-26-28(22(33)32-21)13-27-7-5-14(6-8-27)20(29)25-19-4-3-16(23)12-24-19/h3-4,9-12,14H,5-8,13H2,1-2H3,(H,24,25,29). The Morgan fingerprint density at radius 1 is 1.21 bits per heavy atom. The Kier molecular flexibility index (Phi) is 7.26. The topological polar surface area (TPSA) is 94.7 Å². The number of ether oxygens (including phenoxy) is 2. The highest BCUT2D eigenvalue weighted by atomic mass is 35.5. The molecule has 3 aromatic rings. The van der Waals surface area contributed by atoms with Crippen LogP contribution in [0.2, 0.25) is 5.02 Å². The lowest BCUT2D eigenvalue weighted by atomic mass is 9.96. The van der Waals surface area contributed by atoms with Crippen molar-refractivity contribution in [1.29, 1.82) is 0 Å². The summed E-state index contributed by atoms with van der Waals surface area (Å²) in [5.41, 5.74) is 0.710. The number of benzene rings is 1. The summed E-state index contributed by atoms with van der Waals surface area (Å²) in [6, 6.07) is 8.79. The van der Waals surface area contributed by atoms with Crippen LogP contribution in [-0.4, -0.2) is 52.9 Å². The number of piperidine rings is 1. The van der Waals surface area contributed by atoms with Crippen LogP contribution < -0.4 is 14.8 Å². The first-order chi connectivity index (χ1) is 15.9. The monoisotopic (exact) mass is 489 g/mol. The fraction of sp³-hybridized carbons (Fsp3) is 0.364. The zero-order valence-corrected chi connectivity index (χ0v) is 19.9. The van der Waals surface area contributed by atoms with Gasteiger partial charge in [0.2, 0.25) is 11.8 Å². The van der Waals surface area contributed by atoms with E-state index in [1.54, 1.807) is 37.1 Å². The third kappa shape index (κ3) is 5.70. The van der Waals surface area contributed by atoms with Crippen LogP contribution in [0.1, 0.15) is 12.8 Å². The van der Waals surface area contributed by atoms with Gasteiger partial charge in [-0.3, -0.25) is 9.69 Å². The first-order valence-electron chi connectivity index (χ1n) is 10.4. The van der Waals surface area contributed by atoms with Crippen LogP contribution in [0.5, 0.6) is 11.5 Å². The molecular formula is C22H24ClN5O4S. The average molecular weight is 490 g/mol. The lowest BCUT2D eigenvalue weighted by molar-refractivity contribution is -0.121. The molecule has 33 heavy (non-hydrogen) atoms. The van der Waals surface area contributed by atoms with Gasteiger partial charge in [0.15, 0.2) is 0 Å². The Labute approximate surface area is 201 Å². The van der Waals surface area contributed by atoms with Crippen molar-refractivity contribution < 1.29 is 18.7 Å². The van der Waals surface area contributed by atoms with Crippen LogP contribution in [0.15, 0.2) is 40.9 Å². The fourth-order valence-corrected chi connectivity index (χ4v) is 3.94. The van der Waals surface area contributed by atoms with Gasteiger partial charge in [0, 0.05) is 36.8 Å². The molecule has 1 aromatic carbocycles. The second kappa shape index (κ2) is 10.3. The largest absolute Gasteiger partial charge is 0.497 e. The predicted octanol–water partition coefficient (Wildman–Crippen LogP) is 4.25. The normalized spacial score (nSPS) is 14.8. The molecule has 1 fully saturated rings. The van der Waals surface area contributed by atoms with Gasteiger partial charge < -0.3 is 19.2 Å². The molecule has 4 rings (SSSR count). The van der Waals surface area contributed by atoms with E-state index in [1.165, 1.54) is 6.20 Å². The van der Waals surface area contributed by atoms with Gasteiger partial charge >= 0.3 is 0 Å². The van der Waals surface area contributed by atoms with E-state index in [0.717, 1.165) is 25.9 Å². The molecule has 0 spiro atoms. The SMILES string of the molecule is COc1cc(OC)cc(-c2nn(CN3CCC(C(=O)Nc4ccc(Cl)cn4)CC3)c(=S)o2)c1. The zero-order chi connectivity index (χ0) is 23.4. The number of rotatable bonds is 7. The lowest BCUT2D eigenvalue weighted by Crippen LogP contribution is -2.39. The van der Waals surface area contributed by atoms with Crippen molar-refractivity contribution in [3.05, 3.63) is 46.4 Å². The predicted molar refractivity (Wildman–Crippen MR) is 126 cm³/mol. The molecule has 1 N–H and O–H groups in total. The summed E-state index contributed by atoms with van der Waals surface area (Å²) in [7, 11) is 3.17. The van der Waals surface area contributed by atoms with E-state index in [9.17, 15) is 4.79 Å². The number of carbonyl (C=O) groups is 1. The van der Waals surface area contributed by atoms with Crippen LogP contribution in [0.4, 0.5) is 5.82 Å². The maximum atomic E-state index is 12.6. The van der Waals surface area contributed by atoms with Gasteiger partial charge in [0.25, 0.3) is 4.84 Å². The van der Waals surface area contributed by atoms with Gasteiger partial charge in [-0.2, -0.15) is 0 Å². The number of aromatic nitrogens is 3. The van der Waals surface area contributed by atoms with E-state index in [4.69, 9.17) is 37.7 Å². The van der Waals surface area contributed by atoms with Gasteiger partial charge in [-0.1, -0.05) is 11.6 Å². The molecular weight excluding hydrogens is 466 g/mol. The quantitative estimate of drug-likeness (QED) is 0.492. The van der Waals surface area contributed by atoms with E-state index in [-0.39, 0.29) is 16.7 Å². The number of hydrogen-bond acceptors (Lipinski definition) is 8. The molecule has 2 aromatic heterocycles. The number of nitrogens with zero attached hydrogens (tertiary/aromatic N) is 4. The molecule has 1 aliphatic rings. The molecule has 174 valence electrons. The Balaban J connectivity index is 1.36. The zero-order valence-electron chi connectivity index (χ0n) is 18.3. The van der Waals surface area contributed by atoms with Gasteiger partial charge in [0.05, 0.1) is 25.9 Å². The van der Waals surface area contributed by atoms with Gasteiger partial charge in [0.1, 0.15) is 17.3 Å². The lowest BCUT2D eigenvalue weighted by Gasteiger charge is -2.30. The highest BCUT2D eigenvalue weighted by molar-refractivity contribution is 7.71. The van der Waals surface area contributed by atoms with Crippen LogP contribution in [0.3, 0.4) is 0 Å². The number of amides is 1. The molecule has 0 atom stereocenters. The summed E-state index contributed by atoms with van der Waals surface area (Å²) in [6.07, 6.45) is 2.96. The first-order valence-corrected chi connectivity index (χ1v) is 11.2. The van der Waals surface area contributed by atoms with Crippen molar-refractivity contribution >= 4 is 35.5 Å². The molecule has 0 aliphatic carbocycles. The minimum atomic E-state index is -0.0798. The van der Waals surface area contributed by atoms with E-state index in [2.05, 4.69) is 20.3 Å². The number of nitrogens with one attached hydrogen (secondary N) is 1. The highest BCUT2D eigenvalue weighted by Crippen LogP contribution is 2.29. The van der Waals surface area contributed by atoms with Gasteiger partial charge in [-0.15, -0.1) is 5.10 Å². The fourth-order valence-electron chi connectivity index (χ4n) is 3.65. The smallest absolute Gasteiger partial charge is 0.288 e.